The van der Waals surface area contributed by atoms with Gasteiger partial charge in [-0.3, -0.25) is 9.59 Å². The maximum absolute atomic E-state index is 13.1. The second-order valence-electron chi connectivity index (χ2n) is 8.16. The summed E-state index contributed by atoms with van der Waals surface area (Å²) < 4.78 is 5.31. The van der Waals surface area contributed by atoms with Crippen molar-refractivity contribution in [1.82, 2.24) is 10.1 Å². The van der Waals surface area contributed by atoms with Crippen LogP contribution in [0.25, 0.3) is 11.3 Å². The number of aryl methyl sites for hydroxylation is 1. The number of rotatable bonds is 4. The molecule has 0 unspecified atom stereocenters. The summed E-state index contributed by atoms with van der Waals surface area (Å²) in [7, 11) is 0. The van der Waals surface area contributed by atoms with Gasteiger partial charge in [0.25, 0.3) is 5.91 Å². The fourth-order valence-corrected chi connectivity index (χ4v) is 4.31. The minimum Gasteiger partial charge on any atom is -0.360 e. The van der Waals surface area contributed by atoms with Crippen molar-refractivity contribution in [3.8, 4) is 11.3 Å². The number of benzene rings is 2. The van der Waals surface area contributed by atoms with Crippen LogP contribution < -0.4 is 5.32 Å². The first-order valence-electron chi connectivity index (χ1n) is 10.4. The molecule has 3 aromatic rings. The van der Waals surface area contributed by atoms with Crippen LogP contribution in [-0.2, 0) is 17.8 Å². The summed E-state index contributed by atoms with van der Waals surface area (Å²) in [6, 6.07) is 13.1. The number of halogens is 1. The Morgan fingerprint density at radius 2 is 1.97 bits per heavy atom. The quantitative estimate of drug-likeness (QED) is 0.635. The monoisotopic (exact) mass is 435 g/mol. The second kappa shape index (κ2) is 7.85. The molecule has 0 bridgehead atoms. The van der Waals surface area contributed by atoms with Crippen LogP contribution in [0.1, 0.15) is 40.1 Å². The van der Waals surface area contributed by atoms with E-state index >= 15 is 0 Å². The number of nitrogens with zero attached hydrogens (tertiary/aromatic N) is 2. The zero-order chi connectivity index (χ0) is 21.5. The van der Waals surface area contributed by atoms with Gasteiger partial charge in [-0.05, 0) is 55.5 Å². The van der Waals surface area contributed by atoms with E-state index < -0.39 is 0 Å². The number of anilines is 1. The van der Waals surface area contributed by atoms with Gasteiger partial charge in [0, 0.05) is 30.3 Å². The van der Waals surface area contributed by atoms with Gasteiger partial charge in [0.2, 0.25) is 5.91 Å². The molecular weight excluding hydrogens is 414 g/mol. The van der Waals surface area contributed by atoms with E-state index in [1.165, 1.54) is 5.56 Å². The third-order valence-corrected chi connectivity index (χ3v) is 6.26. The Morgan fingerprint density at radius 3 is 2.74 bits per heavy atom. The van der Waals surface area contributed by atoms with Gasteiger partial charge in [-0.25, -0.2) is 0 Å². The molecule has 0 radical (unpaired) electrons. The van der Waals surface area contributed by atoms with Gasteiger partial charge in [0.05, 0.1) is 5.02 Å². The Bertz CT molecular complexity index is 1180. The molecular formula is C24H22ClN3O3. The summed E-state index contributed by atoms with van der Waals surface area (Å²) >= 11 is 6.30. The Labute approximate surface area is 185 Å². The van der Waals surface area contributed by atoms with Gasteiger partial charge in [-0.15, -0.1) is 0 Å². The lowest BCUT2D eigenvalue weighted by Gasteiger charge is -2.29. The van der Waals surface area contributed by atoms with Gasteiger partial charge in [-0.1, -0.05) is 41.0 Å². The zero-order valence-corrected chi connectivity index (χ0v) is 17.9. The molecule has 0 atom stereocenters. The van der Waals surface area contributed by atoms with Crippen molar-refractivity contribution in [2.24, 2.45) is 5.92 Å². The number of nitrogens with one attached hydrogen (secondary N) is 1. The van der Waals surface area contributed by atoms with Gasteiger partial charge in [0.15, 0.2) is 0 Å². The maximum atomic E-state index is 13.1. The van der Waals surface area contributed by atoms with E-state index in [0.717, 1.165) is 31.4 Å². The third kappa shape index (κ3) is 3.83. The van der Waals surface area contributed by atoms with Crippen LogP contribution in [0.5, 0.6) is 0 Å². The zero-order valence-electron chi connectivity index (χ0n) is 17.2. The van der Waals surface area contributed by atoms with Crippen LogP contribution in [0.2, 0.25) is 5.02 Å². The standard InChI is InChI=1S/C24H22ClN3O3/c1-14-21(22(27-31-14)19-4-2-3-5-20(19)25)23(29)26-18-9-8-15-10-11-28(13-17(15)12-18)24(30)16-6-7-16/h2-5,8-9,12,16H,6-7,10-11,13H2,1H3,(H,26,29). The molecule has 5 rings (SSSR count). The van der Waals surface area contributed by atoms with E-state index in [9.17, 15) is 9.59 Å². The molecule has 1 saturated carbocycles. The molecule has 2 heterocycles. The van der Waals surface area contributed by atoms with E-state index in [-0.39, 0.29) is 17.7 Å². The Hall–Kier alpha value is -3.12. The van der Waals surface area contributed by atoms with Gasteiger partial charge < -0.3 is 14.7 Å². The number of hydrogen-bond donors (Lipinski definition) is 1. The lowest BCUT2D eigenvalue weighted by molar-refractivity contribution is -0.133. The smallest absolute Gasteiger partial charge is 0.261 e. The van der Waals surface area contributed by atoms with Crippen molar-refractivity contribution in [2.45, 2.75) is 32.7 Å². The highest BCUT2D eigenvalue weighted by Gasteiger charge is 2.34. The highest BCUT2D eigenvalue weighted by atomic mass is 35.5. The predicted molar refractivity (Wildman–Crippen MR) is 118 cm³/mol. The van der Waals surface area contributed by atoms with Crippen molar-refractivity contribution in [3.63, 3.8) is 0 Å². The Balaban J connectivity index is 1.39. The molecule has 1 N–H and O–H groups in total. The largest absolute Gasteiger partial charge is 0.360 e. The molecule has 31 heavy (non-hydrogen) atoms. The molecule has 1 aliphatic heterocycles. The number of aromatic nitrogens is 1. The van der Waals surface area contributed by atoms with E-state index in [1.54, 1.807) is 19.1 Å². The van der Waals surface area contributed by atoms with E-state index in [4.69, 9.17) is 16.1 Å². The fourth-order valence-electron chi connectivity index (χ4n) is 4.08. The molecule has 158 valence electrons. The van der Waals surface area contributed by atoms with Crippen LogP contribution in [0.15, 0.2) is 47.0 Å². The number of fused-ring (bicyclic) bond motifs is 1. The highest BCUT2D eigenvalue weighted by molar-refractivity contribution is 6.33. The van der Waals surface area contributed by atoms with Gasteiger partial charge in [-0.2, -0.15) is 0 Å². The second-order valence-corrected chi connectivity index (χ2v) is 8.57. The van der Waals surface area contributed by atoms with Gasteiger partial charge >= 0.3 is 0 Å². The average molecular weight is 436 g/mol. The SMILES string of the molecule is Cc1onc(-c2ccccc2Cl)c1C(=O)Nc1ccc2c(c1)CN(C(=O)C1CC1)CC2. The van der Waals surface area contributed by atoms with Gasteiger partial charge in [0.1, 0.15) is 17.0 Å². The van der Waals surface area contributed by atoms with Crippen molar-refractivity contribution in [2.75, 3.05) is 11.9 Å². The van der Waals surface area contributed by atoms with E-state index in [0.29, 0.717) is 39.8 Å². The number of carbonyl (C=O) groups is 2. The highest BCUT2D eigenvalue weighted by Crippen LogP contribution is 2.34. The fraction of sp³-hybridized carbons (Fsp3) is 0.292. The van der Waals surface area contributed by atoms with Crippen molar-refractivity contribution in [1.29, 1.82) is 0 Å². The molecule has 2 amide bonds. The minimum atomic E-state index is -0.310. The summed E-state index contributed by atoms with van der Waals surface area (Å²) in [6.07, 6.45) is 2.84. The van der Waals surface area contributed by atoms with E-state index in [1.807, 2.05) is 35.2 Å². The molecule has 7 heteroatoms. The molecule has 0 saturated heterocycles. The van der Waals surface area contributed by atoms with Crippen LogP contribution in [0.3, 0.4) is 0 Å². The summed E-state index contributed by atoms with van der Waals surface area (Å²) in [4.78, 5) is 27.5. The summed E-state index contributed by atoms with van der Waals surface area (Å²) in [5.74, 6) is 0.579. The average Bonchev–Trinajstić information content (AvgIpc) is 3.55. The lowest BCUT2D eigenvalue weighted by atomic mass is 9.98. The van der Waals surface area contributed by atoms with Crippen LogP contribution >= 0.6 is 11.6 Å². The first kappa shape index (κ1) is 19.8. The van der Waals surface area contributed by atoms with Crippen LogP contribution in [0, 0.1) is 12.8 Å². The summed E-state index contributed by atoms with van der Waals surface area (Å²) in [5, 5.41) is 7.52. The Morgan fingerprint density at radius 1 is 1.16 bits per heavy atom. The number of hydrogen-bond acceptors (Lipinski definition) is 4. The maximum Gasteiger partial charge on any atom is 0.261 e. The van der Waals surface area contributed by atoms with Crippen molar-refractivity contribution in [3.05, 3.63) is 69.9 Å². The van der Waals surface area contributed by atoms with E-state index in [2.05, 4.69) is 10.5 Å². The Kier molecular flexibility index (Phi) is 5.02. The molecule has 2 aromatic carbocycles. The third-order valence-electron chi connectivity index (χ3n) is 5.93. The van der Waals surface area contributed by atoms with Crippen LogP contribution in [0.4, 0.5) is 5.69 Å². The first-order valence-corrected chi connectivity index (χ1v) is 10.8. The first-order chi connectivity index (χ1) is 15.0. The molecule has 0 spiro atoms. The summed E-state index contributed by atoms with van der Waals surface area (Å²) in [5.41, 5.74) is 4.39. The molecule has 1 aliphatic carbocycles. The molecule has 2 aliphatic rings. The van der Waals surface area contributed by atoms with Crippen molar-refractivity contribution < 1.29 is 14.1 Å². The topological polar surface area (TPSA) is 75.4 Å². The minimum absolute atomic E-state index is 0.212. The van der Waals surface area contributed by atoms with Crippen LogP contribution in [-0.4, -0.2) is 28.4 Å². The van der Waals surface area contributed by atoms with Crippen molar-refractivity contribution >= 4 is 29.1 Å². The summed E-state index contributed by atoms with van der Waals surface area (Å²) in [6.45, 7) is 3.05. The normalized spacial score (nSPS) is 15.5. The lowest BCUT2D eigenvalue weighted by Crippen LogP contribution is -2.36. The predicted octanol–water partition coefficient (Wildman–Crippen LogP) is 4.85. The number of amides is 2. The molecule has 1 aromatic heterocycles. The molecule has 6 nitrogen and oxygen atoms in total. The molecule has 1 fully saturated rings. The number of carbonyl (C=O) groups excluding carboxylic acids is 2.